The van der Waals surface area contributed by atoms with Crippen molar-refractivity contribution in [2.45, 2.75) is 19.3 Å². The van der Waals surface area contributed by atoms with Crippen molar-refractivity contribution in [2.24, 2.45) is 0 Å². The highest BCUT2D eigenvalue weighted by molar-refractivity contribution is 7.99. The molecule has 0 aromatic heterocycles. The SMILES string of the molecule is [S]CCCCCN1CCSCC1. The fourth-order valence-electron chi connectivity index (χ4n) is 1.44. The molecule has 1 aliphatic rings. The summed E-state index contributed by atoms with van der Waals surface area (Å²) in [7, 11) is 0. The van der Waals surface area contributed by atoms with E-state index in [1.54, 1.807) is 0 Å². The second kappa shape index (κ2) is 7.10. The normalized spacial score (nSPS) is 19.8. The molecule has 1 radical (unpaired) electrons. The van der Waals surface area contributed by atoms with Gasteiger partial charge in [0.2, 0.25) is 0 Å². The maximum Gasteiger partial charge on any atom is 0.00727 e. The van der Waals surface area contributed by atoms with Crippen LogP contribution in [0.2, 0.25) is 0 Å². The first-order valence-electron chi connectivity index (χ1n) is 4.81. The summed E-state index contributed by atoms with van der Waals surface area (Å²) in [4.78, 5) is 2.58. The van der Waals surface area contributed by atoms with Crippen LogP contribution < -0.4 is 0 Å². The number of rotatable bonds is 5. The van der Waals surface area contributed by atoms with E-state index in [1.165, 1.54) is 50.4 Å². The number of hydrogen-bond donors (Lipinski definition) is 0. The molecule has 1 fully saturated rings. The predicted octanol–water partition coefficient (Wildman–Crippen LogP) is 2.40. The summed E-state index contributed by atoms with van der Waals surface area (Å²) < 4.78 is 0. The van der Waals surface area contributed by atoms with Gasteiger partial charge in [-0.15, -0.1) is 0 Å². The van der Waals surface area contributed by atoms with Gasteiger partial charge in [-0.2, -0.15) is 11.8 Å². The molecule has 0 unspecified atom stereocenters. The van der Waals surface area contributed by atoms with E-state index in [0.29, 0.717) is 0 Å². The molecule has 0 aliphatic carbocycles. The molecule has 1 rings (SSSR count). The van der Waals surface area contributed by atoms with Gasteiger partial charge in [0, 0.05) is 30.3 Å². The molecule has 0 atom stereocenters. The molecule has 1 aliphatic heterocycles. The Bertz CT molecular complexity index is 103. The zero-order valence-electron chi connectivity index (χ0n) is 7.63. The van der Waals surface area contributed by atoms with Crippen molar-refractivity contribution in [3.8, 4) is 0 Å². The smallest absolute Gasteiger partial charge is 0.00727 e. The highest BCUT2D eigenvalue weighted by atomic mass is 32.2. The first kappa shape index (κ1) is 10.7. The van der Waals surface area contributed by atoms with Crippen LogP contribution in [0.5, 0.6) is 0 Å². The van der Waals surface area contributed by atoms with Crippen molar-refractivity contribution in [1.82, 2.24) is 4.90 Å². The lowest BCUT2D eigenvalue weighted by Gasteiger charge is -2.25. The Balaban J connectivity index is 1.91. The molecule has 0 aromatic rings. The van der Waals surface area contributed by atoms with Crippen LogP contribution in [0, 0.1) is 0 Å². The molecule has 0 spiro atoms. The summed E-state index contributed by atoms with van der Waals surface area (Å²) in [6.07, 6.45) is 3.91. The van der Waals surface area contributed by atoms with E-state index < -0.39 is 0 Å². The van der Waals surface area contributed by atoms with Crippen LogP contribution in [0.15, 0.2) is 0 Å². The zero-order valence-corrected chi connectivity index (χ0v) is 9.26. The number of hydrogen-bond acceptors (Lipinski definition) is 2. The first-order chi connectivity index (χ1) is 5.93. The van der Waals surface area contributed by atoms with E-state index in [1.807, 2.05) is 0 Å². The Morgan fingerprint density at radius 3 is 2.50 bits per heavy atom. The van der Waals surface area contributed by atoms with Gasteiger partial charge in [-0.1, -0.05) is 19.0 Å². The lowest BCUT2D eigenvalue weighted by Crippen LogP contribution is -2.33. The topological polar surface area (TPSA) is 3.24 Å². The molecular weight excluding hydrogens is 186 g/mol. The van der Waals surface area contributed by atoms with Crippen molar-refractivity contribution in [1.29, 1.82) is 0 Å². The van der Waals surface area contributed by atoms with Crippen molar-refractivity contribution >= 4 is 24.4 Å². The van der Waals surface area contributed by atoms with Crippen molar-refractivity contribution in [2.75, 3.05) is 36.9 Å². The molecule has 1 nitrogen and oxygen atoms in total. The molecule has 0 amide bonds. The summed E-state index contributed by atoms with van der Waals surface area (Å²) in [5.41, 5.74) is 0. The van der Waals surface area contributed by atoms with Crippen molar-refractivity contribution in [3.63, 3.8) is 0 Å². The third kappa shape index (κ3) is 4.63. The molecule has 0 aromatic carbocycles. The summed E-state index contributed by atoms with van der Waals surface area (Å²) in [5, 5.41) is 0. The lowest BCUT2D eigenvalue weighted by atomic mass is 10.2. The number of thioether (sulfide) groups is 1. The van der Waals surface area contributed by atoms with Gasteiger partial charge in [-0.3, -0.25) is 0 Å². The quantitative estimate of drug-likeness (QED) is 0.633. The highest BCUT2D eigenvalue weighted by Crippen LogP contribution is 2.10. The van der Waals surface area contributed by atoms with Crippen LogP contribution in [0.25, 0.3) is 0 Å². The van der Waals surface area contributed by atoms with Gasteiger partial charge in [0.1, 0.15) is 0 Å². The van der Waals surface area contributed by atoms with Gasteiger partial charge in [-0.05, 0) is 19.4 Å². The highest BCUT2D eigenvalue weighted by Gasteiger charge is 2.08. The lowest BCUT2D eigenvalue weighted by molar-refractivity contribution is 0.295. The van der Waals surface area contributed by atoms with Crippen LogP contribution in [0.1, 0.15) is 19.3 Å². The van der Waals surface area contributed by atoms with Crippen LogP contribution in [-0.2, 0) is 0 Å². The Hall–Kier alpha value is 0.660. The largest absolute Gasteiger partial charge is 0.302 e. The predicted molar refractivity (Wildman–Crippen MR) is 60.1 cm³/mol. The van der Waals surface area contributed by atoms with E-state index >= 15 is 0 Å². The van der Waals surface area contributed by atoms with Gasteiger partial charge in [0.15, 0.2) is 0 Å². The van der Waals surface area contributed by atoms with E-state index in [-0.39, 0.29) is 0 Å². The number of unbranched alkanes of at least 4 members (excludes halogenated alkanes) is 2. The molecule has 71 valence electrons. The molecule has 0 bridgehead atoms. The molecule has 0 N–H and O–H groups in total. The zero-order chi connectivity index (χ0) is 8.65. The molecule has 12 heavy (non-hydrogen) atoms. The Morgan fingerprint density at radius 1 is 1.08 bits per heavy atom. The second-order valence-electron chi connectivity index (χ2n) is 3.22. The number of nitrogens with zero attached hydrogens (tertiary/aromatic N) is 1. The average Bonchev–Trinajstić information content (AvgIpc) is 2.14. The Kier molecular flexibility index (Phi) is 6.35. The second-order valence-corrected chi connectivity index (χ2v) is 4.85. The first-order valence-corrected chi connectivity index (χ1v) is 6.55. The van der Waals surface area contributed by atoms with Gasteiger partial charge in [-0.25, -0.2) is 0 Å². The van der Waals surface area contributed by atoms with E-state index in [0.717, 1.165) is 5.75 Å². The van der Waals surface area contributed by atoms with E-state index in [9.17, 15) is 0 Å². The Morgan fingerprint density at radius 2 is 1.83 bits per heavy atom. The fraction of sp³-hybridized carbons (Fsp3) is 1.00. The summed E-state index contributed by atoms with van der Waals surface area (Å²) in [5.74, 6) is 3.61. The summed E-state index contributed by atoms with van der Waals surface area (Å²) >= 11 is 6.99. The summed E-state index contributed by atoms with van der Waals surface area (Å²) in [6, 6.07) is 0. The third-order valence-electron chi connectivity index (χ3n) is 2.22. The van der Waals surface area contributed by atoms with Gasteiger partial charge in [0.05, 0.1) is 0 Å². The minimum atomic E-state index is 0.940. The van der Waals surface area contributed by atoms with Crippen molar-refractivity contribution in [3.05, 3.63) is 0 Å². The minimum absolute atomic E-state index is 0.940. The summed E-state index contributed by atoms with van der Waals surface area (Å²) in [6.45, 7) is 3.91. The van der Waals surface area contributed by atoms with Crippen LogP contribution in [-0.4, -0.2) is 41.8 Å². The molecule has 0 saturated carbocycles. The van der Waals surface area contributed by atoms with Crippen LogP contribution in [0.3, 0.4) is 0 Å². The molecule has 3 heteroatoms. The van der Waals surface area contributed by atoms with Gasteiger partial charge in [0.25, 0.3) is 0 Å². The fourth-order valence-corrected chi connectivity index (χ4v) is 2.62. The average molecular weight is 204 g/mol. The maximum atomic E-state index is 4.90. The molecule has 1 saturated heterocycles. The van der Waals surface area contributed by atoms with E-state index in [2.05, 4.69) is 16.7 Å². The minimum Gasteiger partial charge on any atom is -0.302 e. The van der Waals surface area contributed by atoms with Crippen molar-refractivity contribution < 1.29 is 0 Å². The van der Waals surface area contributed by atoms with Gasteiger partial charge >= 0.3 is 0 Å². The van der Waals surface area contributed by atoms with Crippen LogP contribution >= 0.6 is 24.4 Å². The monoisotopic (exact) mass is 204 g/mol. The third-order valence-corrected chi connectivity index (χ3v) is 3.45. The van der Waals surface area contributed by atoms with Crippen LogP contribution in [0.4, 0.5) is 0 Å². The Labute approximate surface area is 85.7 Å². The molecular formula is C9H18NS2. The van der Waals surface area contributed by atoms with Gasteiger partial charge < -0.3 is 4.90 Å². The maximum absolute atomic E-state index is 4.90. The van der Waals surface area contributed by atoms with E-state index in [4.69, 9.17) is 12.6 Å². The standard InChI is InChI=1S/C9H18NS2/c11-7-3-1-2-4-10-5-8-12-9-6-10/h1-9H2. The molecule has 1 heterocycles.